The second kappa shape index (κ2) is 6.85. The van der Waals surface area contributed by atoms with E-state index < -0.39 is 11.7 Å². The Bertz CT molecular complexity index is 552. The van der Waals surface area contributed by atoms with Crippen molar-refractivity contribution < 1.29 is 17.9 Å². The highest BCUT2D eigenvalue weighted by Crippen LogP contribution is 2.31. The van der Waals surface area contributed by atoms with E-state index in [-0.39, 0.29) is 6.10 Å². The first-order valence-corrected chi connectivity index (χ1v) is 6.99. The quantitative estimate of drug-likeness (QED) is 0.666. The van der Waals surface area contributed by atoms with Crippen molar-refractivity contribution >= 4 is 11.6 Å². The van der Waals surface area contributed by atoms with Crippen LogP contribution in [-0.2, 0) is 6.18 Å². The summed E-state index contributed by atoms with van der Waals surface area (Å²) in [5.41, 5.74) is 0.251. The van der Waals surface area contributed by atoms with Crippen LogP contribution in [0.15, 0.2) is 54.6 Å². The summed E-state index contributed by atoms with van der Waals surface area (Å²) < 4.78 is 43.3. The minimum absolute atomic E-state index is 0.277. The van der Waals surface area contributed by atoms with Crippen LogP contribution in [0.2, 0.25) is 0 Å². The van der Waals surface area contributed by atoms with Crippen LogP contribution in [0.4, 0.5) is 13.2 Å². The van der Waals surface area contributed by atoms with Crippen LogP contribution >= 0.6 is 11.6 Å². The normalized spacial score (nSPS) is 13.0. The molecule has 0 unspecified atom stereocenters. The van der Waals surface area contributed by atoms with Crippen LogP contribution in [0, 0.1) is 0 Å². The molecule has 0 radical (unpaired) electrons. The van der Waals surface area contributed by atoms with Crippen molar-refractivity contribution in [3.63, 3.8) is 0 Å². The van der Waals surface area contributed by atoms with E-state index in [9.17, 15) is 13.2 Å². The molecule has 0 heterocycles. The summed E-state index contributed by atoms with van der Waals surface area (Å²) in [5.74, 6) is 0.794. The maximum absolute atomic E-state index is 12.5. The summed E-state index contributed by atoms with van der Waals surface area (Å²) in [7, 11) is 0. The first-order valence-electron chi connectivity index (χ1n) is 6.45. The maximum atomic E-state index is 12.5. The summed E-state index contributed by atoms with van der Waals surface area (Å²) in [4.78, 5) is 0. The van der Waals surface area contributed by atoms with Gasteiger partial charge in [-0.15, -0.1) is 11.6 Å². The number of hydrogen-bond donors (Lipinski definition) is 0. The average molecular weight is 315 g/mol. The van der Waals surface area contributed by atoms with Crippen LogP contribution in [0.5, 0.6) is 5.75 Å². The van der Waals surface area contributed by atoms with Crippen molar-refractivity contribution in [2.24, 2.45) is 0 Å². The smallest absolute Gasteiger partial charge is 0.416 e. The maximum Gasteiger partial charge on any atom is 0.416 e. The Morgan fingerprint density at radius 2 is 1.57 bits per heavy atom. The molecule has 5 heteroatoms. The molecule has 112 valence electrons. The second-order valence-corrected chi connectivity index (χ2v) is 4.89. The highest BCUT2D eigenvalue weighted by Gasteiger charge is 2.30. The molecule has 0 amide bonds. The summed E-state index contributed by atoms with van der Waals surface area (Å²) in [5, 5.41) is 0. The lowest BCUT2D eigenvalue weighted by Crippen LogP contribution is -2.09. The molecule has 0 aliphatic heterocycles. The number of benzene rings is 2. The van der Waals surface area contributed by atoms with Gasteiger partial charge in [0.2, 0.25) is 0 Å². The van der Waals surface area contributed by atoms with Crippen LogP contribution < -0.4 is 4.74 Å². The Hall–Kier alpha value is -1.68. The number of halogens is 4. The SMILES string of the molecule is FC(F)(F)c1ccc(O[C@H](CCCl)c2ccccc2)cc1. The first kappa shape index (κ1) is 15.7. The van der Waals surface area contributed by atoms with Gasteiger partial charge >= 0.3 is 6.18 Å². The molecule has 2 aromatic carbocycles. The van der Waals surface area contributed by atoms with Gasteiger partial charge in [0.1, 0.15) is 11.9 Å². The Kier molecular flexibility index (Phi) is 5.12. The molecule has 0 N–H and O–H groups in total. The number of rotatable bonds is 5. The van der Waals surface area contributed by atoms with E-state index in [1.165, 1.54) is 12.1 Å². The van der Waals surface area contributed by atoms with Gasteiger partial charge in [0, 0.05) is 12.3 Å². The fourth-order valence-electron chi connectivity index (χ4n) is 1.95. The Morgan fingerprint density at radius 3 is 2.10 bits per heavy atom. The van der Waals surface area contributed by atoms with Crippen LogP contribution in [0.25, 0.3) is 0 Å². The van der Waals surface area contributed by atoms with Gasteiger partial charge in [0.25, 0.3) is 0 Å². The van der Waals surface area contributed by atoms with Crippen molar-refractivity contribution in [3.8, 4) is 5.75 Å². The lowest BCUT2D eigenvalue weighted by Gasteiger charge is -2.19. The molecule has 0 aliphatic rings. The number of hydrogen-bond acceptors (Lipinski definition) is 1. The van der Waals surface area contributed by atoms with Gasteiger partial charge in [-0.25, -0.2) is 0 Å². The zero-order chi connectivity index (χ0) is 15.3. The summed E-state index contributed by atoms with van der Waals surface area (Å²) in [6, 6.07) is 14.1. The molecule has 0 spiro atoms. The molecule has 21 heavy (non-hydrogen) atoms. The third-order valence-corrected chi connectivity index (χ3v) is 3.22. The molecular formula is C16H14ClF3O. The predicted molar refractivity (Wildman–Crippen MR) is 76.6 cm³/mol. The number of alkyl halides is 4. The van der Waals surface area contributed by atoms with Gasteiger partial charge in [-0.05, 0) is 29.8 Å². The summed E-state index contributed by atoms with van der Waals surface area (Å²) in [6.07, 6.45) is -4.04. The average Bonchev–Trinajstić information content (AvgIpc) is 2.47. The fraction of sp³-hybridized carbons (Fsp3) is 0.250. The van der Waals surface area contributed by atoms with E-state index >= 15 is 0 Å². The Labute approximate surface area is 126 Å². The van der Waals surface area contributed by atoms with Gasteiger partial charge in [-0.1, -0.05) is 30.3 Å². The molecule has 0 fully saturated rings. The molecule has 0 saturated heterocycles. The Balaban J connectivity index is 2.14. The highest BCUT2D eigenvalue weighted by molar-refractivity contribution is 6.17. The van der Waals surface area contributed by atoms with E-state index in [0.717, 1.165) is 17.7 Å². The molecule has 0 aliphatic carbocycles. The third-order valence-electron chi connectivity index (χ3n) is 3.00. The highest BCUT2D eigenvalue weighted by atomic mass is 35.5. The summed E-state index contributed by atoms with van der Waals surface area (Å²) in [6.45, 7) is 0. The minimum atomic E-state index is -4.34. The fourth-order valence-corrected chi connectivity index (χ4v) is 2.15. The molecular weight excluding hydrogens is 301 g/mol. The zero-order valence-corrected chi connectivity index (χ0v) is 11.9. The zero-order valence-electron chi connectivity index (χ0n) is 11.1. The van der Waals surface area contributed by atoms with Crippen molar-refractivity contribution in [2.45, 2.75) is 18.7 Å². The third kappa shape index (κ3) is 4.39. The second-order valence-electron chi connectivity index (χ2n) is 4.52. The molecule has 0 bridgehead atoms. The van der Waals surface area contributed by atoms with Gasteiger partial charge in [-0.2, -0.15) is 13.2 Å². The summed E-state index contributed by atoms with van der Waals surface area (Å²) >= 11 is 5.77. The lowest BCUT2D eigenvalue weighted by atomic mass is 10.1. The van der Waals surface area contributed by atoms with E-state index in [4.69, 9.17) is 16.3 Å². The molecule has 1 atom stereocenters. The minimum Gasteiger partial charge on any atom is -0.486 e. The van der Waals surface area contributed by atoms with Crippen LogP contribution in [0.1, 0.15) is 23.7 Å². The van der Waals surface area contributed by atoms with Gasteiger partial charge in [0.05, 0.1) is 5.56 Å². The molecule has 2 rings (SSSR count). The Morgan fingerprint density at radius 1 is 0.952 bits per heavy atom. The number of ether oxygens (including phenoxy) is 1. The monoisotopic (exact) mass is 314 g/mol. The first-order chi connectivity index (χ1) is 10.0. The van der Waals surface area contributed by atoms with Crippen LogP contribution in [-0.4, -0.2) is 5.88 Å². The largest absolute Gasteiger partial charge is 0.486 e. The molecule has 0 saturated carbocycles. The van der Waals surface area contributed by atoms with Crippen molar-refractivity contribution in [1.29, 1.82) is 0 Å². The predicted octanol–water partition coefficient (Wildman–Crippen LogP) is 5.45. The van der Waals surface area contributed by atoms with Gasteiger partial charge in [0.15, 0.2) is 0 Å². The van der Waals surface area contributed by atoms with Crippen molar-refractivity contribution in [1.82, 2.24) is 0 Å². The van der Waals surface area contributed by atoms with Gasteiger partial charge < -0.3 is 4.74 Å². The standard InChI is InChI=1S/C16H14ClF3O/c17-11-10-15(12-4-2-1-3-5-12)21-14-8-6-13(7-9-14)16(18,19)20/h1-9,15H,10-11H2/t15-/m1/s1. The van der Waals surface area contributed by atoms with Crippen LogP contribution in [0.3, 0.4) is 0 Å². The van der Waals surface area contributed by atoms with Crippen molar-refractivity contribution in [3.05, 3.63) is 65.7 Å². The van der Waals surface area contributed by atoms with E-state index in [2.05, 4.69) is 0 Å². The van der Waals surface area contributed by atoms with E-state index in [1.54, 1.807) is 0 Å². The van der Waals surface area contributed by atoms with Crippen molar-refractivity contribution in [2.75, 3.05) is 5.88 Å². The van der Waals surface area contributed by atoms with E-state index in [1.807, 2.05) is 30.3 Å². The molecule has 2 aromatic rings. The molecule has 0 aromatic heterocycles. The topological polar surface area (TPSA) is 9.23 Å². The molecule has 1 nitrogen and oxygen atoms in total. The van der Waals surface area contributed by atoms with E-state index in [0.29, 0.717) is 18.1 Å². The lowest BCUT2D eigenvalue weighted by molar-refractivity contribution is -0.137. The van der Waals surface area contributed by atoms with Gasteiger partial charge in [-0.3, -0.25) is 0 Å².